The largest absolute Gasteiger partial charge is 0.384 e. The Morgan fingerprint density at radius 3 is 2.71 bits per heavy atom. The molecule has 1 aliphatic rings. The fraction of sp³-hybridized carbons (Fsp3) is 0.471. The van der Waals surface area contributed by atoms with Gasteiger partial charge in [0.05, 0.1) is 6.61 Å². The number of anilines is 1. The molecule has 1 aromatic carbocycles. The average Bonchev–Trinajstić information content (AvgIpc) is 3.09. The number of carbonyl (C=O) groups excluding carboxylic acids is 1. The van der Waals surface area contributed by atoms with Crippen LogP contribution in [-0.4, -0.2) is 41.9 Å². The summed E-state index contributed by atoms with van der Waals surface area (Å²) in [6.07, 6.45) is 2.28. The molecule has 0 unspecified atom stereocenters. The van der Waals surface area contributed by atoms with E-state index in [1.54, 1.807) is 19.2 Å². The lowest BCUT2D eigenvalue weighted by Gasteiger charge is -2.30. The third-order valence-electron chi connectivity index (χ3n) is 4.25. The molecule has 0 aliphatic carbocycles. The summed E-state index contributed by atoms with van der Waals surface area (Å²) < 4.78 is 22.4. The number of benzene rings is 1. The van der Waals surface area contributed by atoms with Gasteiger partial charge in [0.25, 0.3) is 0 Å². The van der Waals surface area contributed by atoms with Crippen LogP contribution >= 0.6 is 11.5 Å². The molecule has 0 N–H and O–H groups in total. The summed E-state index contributed by atoms with van der Waals surface area (Å²) in [5.74, 6) is 0.587. The Labute approximate surface area is 144 Å². The lowest BCUT2D eigenvalue weighted by Crippen LogP contribution is -2.36. The normalized spacial score (nSPS) is 15.7. The van der Waals surface area contributed by atoms with Gasteiger partial charge in [-0.1, -0.05) is 0 Å². The Balaban J connectivity index is 1.56. The molecule has 128 valence electrons. The first-order valence-corrected chi connectivity index (χ1v) is 8.81. The smallest absolute Gasteiger partial charge is 0.205 e. The van der Waals surface area contributed by atoms with Crippen molar-refractivity contribution in [3.63, 3.8) is 0 Å². The van der Waals surface area contributed by atoms with Crippen LogP contribution in [-0.2, 0) is 11.2 Å². The van der Waals surface area contributed by atoms with Crippen LogP contribution < -0.4 is 4.90 Å². The maximum absolute atomic E-state index is 13.0. The molecule has 1 fully saturated rings. The molecule has 0 bridgehead atoms. The Bertz CT molecular complexity index is 681. The molecule has 3 rings (SSSR count). The lowest BCUT2D eigenvalue weighted by molar-refractivity contribution is 0.0900. The number of aromatic nitrogens is 2. The van der Waals surface area contributed by atoms with Crippen molar-refractivity contribution in [2.75, 3.05) is 31.7 Å². The fourth-order valence-electron chi connectivity index (χ4n) is 2.85. The van der Waals surface area contributed by atoms with Crippen LogP contribution in [0.15, 0.2) is 24.3 Å². The highest BCUT2D eigenvalue weighted by atomic mass is 32.1. The molecule has 7 heteroatoms. The van der Waals surface area contributed by atoms with Crippen LogP contribution in [0.1, 0.15) is 29.0 Å². The molecule has 1 saturated heterocycles. The fourth-order valence-corrected chi connectivity index (χ4v) is 3.61. The maximum atomic E-state index is 13.0. The molecule has 5 nitrogen and oxygen atoms in total. The summed E-state index contributed by atoms with van der Waals surface area (Å²) in [6, 6.07) is 5.81. The first-order valence-electron chi connectivity index (χ1n) is 8.03. The van der Waals surface area contributed by atoms with Gasteiger partial charge in [-0.15, -0.1) is 0 Å². The van der Waals surface area contributed by atoms with Crippen molar-refractivity contribution < 1.29 is 13.9 Å². The highest BCUT2D eigenvalue weighted by Gasteiger charge is 2.27. The topological polar surface area (TPSA) is 55.3 Å². The van der Waals surface area contributed by atoms with E-state index in [1.165, 1.54) is 23.7 Å². The zero-order chi connectivity index (χ0) is 16.9. The van der Waals surface area contributed by atoms with E-state index < -0.39 is 0 Å². The van der Waals surface area contributed by atoms with E-state index in [2.05, 4.69) is 14.3 Å². The third kappa shape index (κ3) is 3.96. The summed E-state index contributed by atoms with van der Waals surface area (Å²) in [5.41, 5.74) is 0.590. The van der Waals surface area contributed by atoms with E-state index in [4.69, 9.17) is 4.74 Å². The SMILES string of the molecule is COCCc1nsc(N2CCC(C(=O)c3ccc(F)cc3)CC2)n1. The summed E-state index contributed by atoms with van der Waals surface area (Å²) in [7, 11) is 1.66. The summed E-state index contributed by atoms with van der Waals surface area (Å²) in [6.45, 7) is 2.19. The van der Waals surface area contributed by atoms with E-state index in [9.17, 15) is 9.18 Å². The first-order chi connectivity index (χ1) is 11.7. The minimum absolute atomic E-state index is 0.00686. The number of ketones is 1. The minimum atomic E-state index is -0.318. The quantitative estimate of drug-likeness (QED) is 0.751. The molecule has 2 heterocycles. The number of carbonyl (C=O) groups is 1. The molecule has 0 saturated carbocycles. The molecule has 0 radical (unpaired) electrons. The van der Waals surface area contributed by atoms with Crippen LogP contribution in [0, 0.1) is 11.7 Å². The minimum Gasteiger partial charge on any atom is -0.384 e. The standard InChI is InChI=1S/C17H20FN3O2S/c1-23-11-8-15-19-17(24-20-15)21-9-6-13(7-10-21)16(22)12-2-4-14(18)5-3-12/h2-5,13H,6-11H2,1H3. The van der Waals surface area contributed by atoms with Crippen LogP contribution in [0.5, 0.6) is 0 Å². The molecule has 0 atom stereocenters. The molecule has 24 heavy (non-hydrogen) atoms. The van der Waals surface area contributed by atoms with Gasteiger partial charge in [-0.25, -0.2) is 9.37 Å². The molecular weight excluding hydrogens is 329 g/mol. The van der Waals surface area contributed by atoms with Crippen LogP contribution in [0.4, 0.5) is 9.52 Å². The predicted molar refractivity (Wildman–Crippen MR) is 91.2 cm³/mol. The van der Waals surface area contributed by atoms with Gasteiger partial charge >= 0.3 is 0 Å². The number of hydrogen-bond acceptors (Lipinski definition) is 6. The molecule has 0 amide bonds. The predicted octanol–water partition coefficient (Wildman–Crippen LogP) is 2.97. The van der Waals surface area contributed by atoms with E-state index in [-0.39, 0.29) is 17.5 Å². The zero-order valence-electron chi connectivity index (χ0n) is 13.6. The lowest BCUT2D eigenvalue weighted by atomic mass is 9.89. The van der Waals surface area contributed by atoms with Gasteiger partial charge in [-0.05, 0) is 37.1 Å². The second-order valence-corrected chi connectivity index (χ2v) is 6.60. The molecule has 2 aromatic rings. The third-order valence-corrected chi connectivity index (χ3v) is 5.07. The molecule has 1 aromatic heterocycles. The molecular formula is C17H20FN3O2S. The van der Waals surface area contributed by atoms with Gasteiger partial charge in [-0.2, -0.15) is 4.37 Å². The van der Waals surface area contributed by atoms with Crippen molar-refractivity contribution in [2.45, 2.75) is 19.3 Å². The average molecular weight is 349 g/mol. The van der Waals surface area contributed by atoms with E-state index in [1.807, 2.05) is 0 Å². The summed E-state index contributed by atoms with van der Waals surface area (Å²) in [5, 5.41) is 0.911. The second-order valence-electron chi connectivity index (χ2n) is 5.87. The van der Waals surface area contributed by atoms with Gasteiger partial charge < -0.3 is 9.64 Å². The monoisotopic (exact) mass is 349 g/mol. The van der Waals surface area contributed by atoms with Crippen molar-refractivity contribution in [2.24, 2.45) is 5.92 Å². The van der Waals surface area contributed by atoms with E-state index in [0.29, 0.717) is 18.6 Å². The van der Waals surface area contributed by atoms with Crippen molar-refractivity contribution in [1.82, 2.24) is 9.36 Å². The van der Waals surface area contributed by atoms with Crippen molar-refractivity contribution in [3.8, 4) is 0 Å². The molecule has 1 aliphatic heterocycles. The summed E-state index contributed by atoms with van der Waals surface area (Å²) >= 11 is 1.40. The Morgan fingerprint density at radius 2 is 2.04 bits per heavy atom. The molecule has 0 spiro atoms. The van der Waals surface area contributed by atoms with Crippen LogP contribution in [0.3, 0.4) is 0 Å². The number of nitrogens with zero attached hydrogens (tertiary/aromatic N) is 3. The number of rotatable bonds is 6. The number of ether oxygens (including phenoxy) is 1. The zero-order valence-corrected chi connectivity index (χ0v) is 14.4. The maximum Gasteiger partial charge on any atom is 0.205 e. The second kappa shape index (κ2) is 7.81. The number of Topliss-reactive ketones (excluding diaryl/α,β-unsaturated/α-hetero) is 1. The Hall–Kier alpha value is -1.86. The van der Waals surface area contributed by atoms with Crippen LogP contribution in [0.25, 0.3) is 0 Å². The number of hydrogen-bond donors (Lipinski definition) is 0. The number of halogens is 1. The van der Waals surface area contributed by atoms with E-state index >= 15 is 0 Å². The van der Waals surface area contributed by atoms with Gasteiger partial charge in [0, 0.05) is 49.6 Å². The van der Waals surface area contributed by atoms with Crippen LogP contribution in [0.2, 0.25) is 0 Å². The van der Waals surface area contributed by atoms with Crippen molar-refractivity contribution in [3.05, 3.63) is 41.5 Å². The van der Waals surface area contributed by atoms with Gasteiger partial charge in [0.15, 0.2) is 5.78 Å². The Kier molecular flexibility index (Phi) is 5.52. The summed E-state index contributed by atoms with van der Waals surface area (Å²) in [4.78, 5) is 19.2. The van der Waals surface area contributed by atoms with Gasteiger partial charge in [-0.3, -0.25) is 4.79 Å². The first kappa shape index (κ1) is 17.0. The van der Waals surface area contributed by atoms with Crippen molar-refractivity contribution >= 4 is 22.4 Å². The van der Waals surface area contributed by atoms with Gasteiger partial charge in [0.1, 0.15) is 11.6 Å². The Morgan fingerprint density at radius 1 is 1.33 bits per heavy atom. The van der Waals surface area contributed by atoms with E-state index in [0.717, 1.165) is 36.9 Å². The highest BCUT2D eigenvalue weighted by molar-refractivity contribution is 7.09. The number of piperidine rings is 1. The highest BCUT2D eigenvalue weighted by Crippen LogP contribution is 2.27. The van der Waals surface area contributed by atoms with Crippen molar-refractivity contribution in [1.29, 1.82) is 0 Å². The number of methoxy groups -OCH3 is 1. The van der Waals surface area contributed by atoms with Gasteiger partial charge in [0.2, 0.25) is 5.13 Å².